The summed E-state index contributed by atoms with van der Waals surface area (Å²) in [6, 6.07) is 5.66. The fraction of sp³-hybridized carbons (Fsp3) is 0.429. The number of amides is 2. The first kappa shape index (κ1) is 14.8. The van der Waals surface area contributed by atoms with Crippen molar-refractivity contribution in [1.29, 1.82) is 0 Å². The Hall–Kier alpha value is -2.15. The van der Waals surface area contributed by atoms with E-state index in [4.69, 9.17) is 11.6 Å². The van der Waals surface area contributed by atoms with Crippen molar-refractivity contribution in [2.45, 2.75) is 32.4 Å². The van der Waals surface area contributed by atoms with E-state index in [1.165, 1.54) is 6.33 Å². The molecule has 0 aliphatic carbocycles. The second kappa shape index (κ2) is 6.31. The van der Waals surface area contributed by atoms with Crippen molar-refractivity contribution in [3.05, 3.63) is 35.1 Å². The van der Waals surface area contributed by atoms with Crippen LogP contribution < -0.4 is 5.32 Å². The Morgan fingerprint density at radius 3 is 3.05 bits per heavy atom. The van der Waals surface area contributed by atoms with Crippen LogP contribution in [0.5, 0.6) is 0 Å². The Bertz CT molecular complexity index is 659. The van der Waals surface area contributed by atoms with E-state index >= 15 is 0 Å². The highest BCUT2D eigenvalue weighted by Gasteiger charge is 2.24. The van der Waals surface area contributed by atoms with E-state index in [2.05, 4.69) is 27.8 Å². The Labute approximate surface area is 133 Å². The third-order valence-electron chi connectivity index (χ3n) is 3.88. The maximum atomic E-state index is 12.2. The van der Waals surface area contributed by atoms with Gasteiger partial charge in [-0.05, 0) is 54.0 Å². The predicted octanol–water partition coefficient (Wildman–Crippen LogP) is 2.01. The first-order valence-electron chi connectivity index (χ1n) is 7.21. The lowest BCUT2D eigenvalue weighted by Crippen LogP contribution is -2.41. The van der Waals surface area contributed by atoms with Crippen LogP contribution in [-0.4, -0.2) is 43.7 Å². The number of benzene rings is 1. The van der Waals surface area contributed by atoms with Crippen LogP contribution in [0, 0.1) is 0 Å². The zero-order chi connectivity index (χ0) is 15.5. The van der Waals surface area contributed by atoms with E-state index in [1.807, 2.05) is 17.0 Å². The van der Waals surface area contributed by atoms with Crippen LogP contribution in [-0.2, 0) is 6.54 Å². The number of likely N-dealkylation sites (tertiary alicyclic amines) is 1. The lowest BCUT2D eigenvalue weighted by atomic mass is 10.2. The Morgan fingerprint density at radius 2 is 2.36 bits per heavy atom. The number of carbonyl (C=O) groups excluding carboxylic acids is 1. The van der Waals surface area contributed by atoms with Gasteiger partial charge >= 0.3 is 6.03 Å². The molecule has 0 unspecified atom stereocenters. The molecule has 22 heavy (non-hydrogen) atoms. The Morgan fingerprint density at radius 1 is 1.50 bits per heavy atom. The molecule has 2 aromatic rings. The number of nitrogens with zero attached hydrogens (tertiary/aromatic N) is 5. The molecule has 2 amide bonds. The summed E-state index contributed by atoms with van der Waals surface area (Å²) in [5.74, 6) is 0. The smallest absolute Gasteiger partial charge is 0.317 e. The summed E-state index contributed by atoms with van der Waals surface area (Å²) < 4.78 is 1.55. The molecule has 0 bridgehead atoms. The van der Waals surface area contributed by atoms with Crippen LogP contribution in [0.1, 0.15) is 25.3 Å². The quantitative estimate of drug-likeness (QED) is 0.938. The number of urea groups is 1. The number of hydrogen-bond acceptors (Lipinski definition) is 4. The molecular formula is C14H17ClN6O. The summed E-state index contributed by atoms with van der Waals surface area (Å²) in [6.07, 6.45) is 3.62. The molecule has 1 N–H and O–H groups in total. The molecule has 7 nitrogen and oxygen atoms in total. The molecule has 3 rings (SSSR count). The topological polar surface area (TPSA) is 75.9 Å². The van der Waals surface area contributed by atoms with Gasteiger partial charge in [0, 0.05) is 24.2 Å². The monoisotopic (exact) mass is 320 g/mol. The number of halogens is 1. The number of aromatic nitrogens is 4. The van der Waals surface area contributed by atoms with Crippen LogP contribution in [0.4, 0.5) is 4.79 Å². The molecule has 1 aliphatic heterocycles. The van der Waals surface area contributed by atoms with Crippen molar-refractivity contribution < 1.29 is 4.79 Å². The minimum Gasteiger partial charge on any atom is -0.334 e. The van der Waals surface area contributed by atoms with Crippen LogP contribution in [0.2, 0.25) is 5.02 Å². The SMILES string of the molecule is C[C@@H]1CCCN1C(=O)NCc1cc(Cl)ccc1-n1cnnn1. The highest BCUT2D eigenvalue weighted by atomic mass is 35.5. The van der Waals surface area contributed by atoms with Crippen molar-refractivity contribution in [2.24, 2.45) is 0 Å². The Balaban J connectivity index is 1.74. The number of tetrazole rings is 1. The average Bonchev–Trinajstić information content (AvgIpc) is 3.16. The molecule has 116 valence electrons. The van der Waals surface area contributed by atoms with Crippen molar-refractivity contribution in [2.75, 3.05) is 6.54 Å². The summed E-state index contributed by atoms with van der Waals surface area (Å²) in [6.45, 7) is 3.25. The molecule has 0 spiro atoms. The van der Waals surface area contributed by atoms with Crippen molar-refractivity contribution in [3.63, 3.8) is 0 Å². The van der Waals surface area contributed by atoms with Crippen molar-refractivity contribution >= 4 is 17.6 Å². The number of nitrogens with one attached hydrogen (secondary N) is 1. The molecular weight excluding hydrogens is 304 g/mol. The third kappa shape index (κ3) is 3.04. The molecule has 1 aromatic carbocycles. The summed E-state index contributed by atoms with van der Waals surface area (Å²) >= 11 is 6.06. The van der Waals surface area contributed by atoms with Crippen molar-refractivity contribution in [3.8, 4) is 5.69 Å². The second-order valence-corrected chi connectivity index (χ2v) is 5.81. The van der Waals surface area contributed by atoms with Gasteiger partial charge < -0.3 is 10.2 Å². The maximum absolute atomic E-state index is 12.2. The van der Waals surface area contributed by atoms with Gasteiger partial charge in [0.2, 0.25) is 0 Å². The first-order valence-corrected chi connectivity index (χ1v) is 7.59. The molecule has 0 saturated carbocycles. The molecule has 2 heterocycles. The standard InChI is InChI=1S/C14H17ClN6O/c1-10-3-2-6-20(10)14(22)16-8-11-7-12(15)4-5-13(11)21-9-17-18-19-21/h4-5,7,9-10H,2-3,6,8H2,1H3,(H,16,22)/t10-/m1/s1. The van der Waals surface area contributed by atoms with Gasteiger partial charge in [-0.2, -0.15) is 0 Å². The fourth-order valence-corrected chi connectivity index (χ4v) is 2.89. The molecule has 1 atom stereocenters. The molecule has 1 saturated heterocycles. The first-order chi connectivity index (χ1) is 10.6. The lowest BCUT2D eigenvalue weighted by Gasteiger charge is -2.22. The van der Waals surface area contributed by atoms with E-state index in [-0.39, 0.29) is 6.03 Å². The average molecular weight is 321 g/mol. The van der Waals surface area contributed by atoms with E-state index in [0.717, 1.165) is 30.6 Å². The summed E-state index contributed by atoms with van der Waals surface area (Å²) in [7, 11) is 0. The van der Waals surface area contributed by atoms with Gasteiger partial charge in [0.05, 0.1) is 5.69 Å². The summed E-state index contributed by atoms with van der Waals surface area (Å²) in [5.41, 5.74) is 1.66. The lowest BCUT2D eigenvalue weighted by molar-refractivity contribution is 0.195. The summed E-state index contributed by atoms with van der Waals surface area (Å²) in [5, 5.41) is 14.7. The number of rotatable bonds is 3. The minimum atomic E-state index is -0.0485. The molecule has 1 aromatic heterocycles. The number of hydrogen-bond donors (Lipinski definition) is 1. The maximum Gasteiger partial charge on any atom is 0.317 e. The van der Waals surface area contributed by atoms with Crippen LogP contribution in [0.25, 0.3) is 5.69 Å². The molecule has 1 fully saturated rings. The minimum absolute atomic E-state index is 0.0485. The van der Waals surface area contributed by atoms with Crippen LogP contribution in [0.3, 0.4) is 0 Å². The zero-order valence-corrected chi connectivity index (χ0v) is 13.0. The van der Waals surface area contributed by atoms with Gasteiger partial charge in [-0.1, -0.05) is 11.6 Å². The highest BCUT2D eigenvalue weighted by molar-refractivity contribution is 6.30. The van der Waals surface area contributed by atoms with Gasteiger partial charge in [-0.25, -0.2) is 9.48 Å². The van der Waals surface area contributed by atoms with E-state index in [1.54, 1.807) is 10.7 Å². The van der Waals surface area contributed by atoms with Gasteiger partial charge in [-0.15, -0.1) is 5.10 Å². The summed E-state index contributed by atoms with van der Waals surface area (Å²) in [4.78, 5) is 14.1. The van der Waals surface area contributed by atoms with E-state index in [0.29, 0.717) is 17.6 Å². The van der Waals surface area contributed by atoms with E-state index in [9.17, 15) is 4.79 Å². The van der Waals surface area contributed by atoms with Crippen molar-refractivity contribution in [1.82, 2.24) is 30.4 Å². The largest absolute Gasteiger partial charge is 0.334 e. The van der Waals surface area contributed by atoms with Crippen LogP contribution in [0.15, 0.2) is 24.5 Å². The van der Waals surface area contributed by atoms with Gasteiger partial charge in [0.1, 0.15) is 6.33 Å². The number of carbonyl (C=O) groups is 1. The Kier molecular flexibility index (Phi) is 4.24. The third-order valence-corrected chi connectivity index (χ3v) is 4.12. The van der Waals surface area contributed by atoms with Gasteiger partial charge in [0.25, 0.3) is 0 Å². The predicted molar refractivity (Wildman–Crippen MR) is 81.8 cm³/mol. The van der Waals surface area contributed by atoms with Gasteiger partial charge in [-0.3, -0.25) is 0 Å². The fourth-order valence-electron chi connectivity index (χ4n) is 2.70. The van der Waals surface area contributed by atoms with Crippen LogP contribution >= 0.6 is 11.6 Å². The highest BCUT2D eigenvalue weighted by Crippen LogP contribution is 2.20. The molecule has 8 heteroatoms. The second-order valence-electron chi connectivity index (χ2n) is 5.37. The van der Waals surface area contributed by atoms with E-state index < -0.39 is 0 Å². The molecule has 0 radical (unpaired) electrons. The normalized spacial score (nSPS) is 17.7. The molecule has 1 aliphatic rings. The zero-order valence-electron chi connectivity index (χ0n) is 12.2. The van der Waals surface area contributed by atoms with Gasteiger partial charge in [0.15, 0.2) is 0 Å².